The summed E-state index contributed by atoms with van der Waals surface area (Å²) >= 11 is 3.46. The van der Waals surface area contributed by atoms with Crippen molar-refractivity contribution in [2.45, 2.75) is 6.04 Å². The van der Waals surface area contributed by atoms with Gasteiger partial charge in [0.2, 0.25) is 0 Å². The predicted octanol–water partition coefficient (Wildman–Crippen LogP) is 3.09. The standard InChI is InChI=1S/C15H17BrN2/c16-14-8-6-13(7-9-14)15(18-11-10-17)12-4-2-1-3-5-12/h1-9,15,18H,10-11,17H2. The summed E-state index contributed by atoms with van der Waals surface area (Å²) in [6.45, 7) is 1.44. The average molecular weight is 305 g/mol. The van der Waals surface area contributed by atoms with E-state index < -0.39 is 0 Å². The highest BCUT2D eigenvalue weighted by Crippen LogP contribution is 2.23. The molecule has 3 N–H and O–H groups in total. The fraction of sp³-hybridized carbons (Fsp3) is 0.200. The van der Waals surface area contributed by atoms with Crippen LogP contribution in [0.4, 0.5) is 0 Å². The van der Waals surface area contributed by atoms with Crippen LogP contribution in [0.1, 0.15) is 17.2 Å². The van der Waals surface area contributed by atoms with Crippen molar-refractivity contribution in [1.29, 1.82) is 0 Å². The number of rotatable bonds is 5. The lowest BCUT2D eigenvalue weighted by Gasteiger charge is -2.19. The molecule has 2 aromatic rings. The summed E-state index contributed by atoms with van der Waals surface area (Å²) in [7, 11) is 0. The van der Waals surface area contributed by atoms with E-state index in [9.17, 15) is 0 Å². The van der Waals surface area contributed by atoms with E-state index in [0.29, 0.717) is 6.54 Å². The smallest absolute Gasteiger partial charge is 0.0577 e. The van der Waals surface area contributed by atoms with Crippen LogP contribution in [-0.2, 0) is 0 Å². The molecule has 18 heavy (non-hydrogen) atoms. The van der Waals surface area contributed by atoms with Crippen LogP contribution in [-0.4, -0.2) is 13.1 Å². The number of halogens is 1. The Labute approximate surface area is 116 Å². The molecule has 0 amide bonds. The van der Waals surface area contributed by atoms with E-state index in [1.54, 1.807) is 0 Å². The van der Waals surface area contributed by atoms with Crippen LogP contribution in [0.3, 0.4) is 0 Å². The number of nitrogens with two attached hydrogens (primary N) is 1. The maximum absolute atomic E-state index is 5.59. The van der Waals surface area contributed by atoms with Crippen molar-refractivity contribution >= 4 is 15.9 Å². The van der Waals surface area contributed by atoms with Crippen molar-refractivity contribution in [2.24, 2.45) is 5.73 Å². The summed E-state index contributed by atoms with van der Waals surface area (Å²) in [5.41, 5.74) is 8.09. The molecular formula is C15H17BrN2. The summed E-state index contributed by atoms with van der Waals surface area (Å²) in [5, 5.41) is 3.48. The Balaban J connectivity index is 2.27. The molecule has 0 saturated carbocycles. The molecule has 94 valence electrons. The van der Waals surface area contributed by atoms with Gasteiger partial charge < -0.3 is 11.1 Å². The van der Waals surface area contributed by atoms with E-state index in [1.165, 1.54) is 11.1 Å². The SMILES string of the molecule is NCCNC(c1ccccc1)c1ccc(Br)cc1. The van der Waals surface area contributed by atoms with E-state index in [2.05, 4.69) is 69.8 Å². The van der Waals surface area contributed by atoms with Crippen LogP contribution >= 0.6 is 15.9 Å². The molecule has 2 rings (SSSR count). The number of benzene rings is 2. The summed E-state index contributed by atoms with van der Waals surface area (Å²) in [6, 6.07) is 19.0. The topological polar surface area (TPSA) is 38.0 Å². The van der Waals surface area contributed by atoms with Crippen molar-refractivity contribution in [3.63, 3.8) is 0 Å². The first-order valence-electron chi connectivity index (χ1n) is 6.05. The van der Waals surface area contributed by atoms with Crippen molar-refractivity contribution in [3.05, 3.63) is 70.2 Å². The van der Waals surface area contributed by atoms with Crippen LogP contribution in [0, 0.1) is 0 Å². The van der Waals surface area contributed by atoms with Gasteiger partial charge in [0.1, 0.15) is 0 Å². The average Bonchev–Trinajstić information content (AvgIpc) is 2.42. The van der Waals surface area contributed by atoms with Crippen molar-refractivity contribution in [3.8, 4) is 0 Å². The summed E-state index contributed by atoms with van der Waals surface area (Å²) in [6.07, 6.45) is 0. The molecule has 2 aromatic carbocycles. The van der Waals surface area contributed by atoms with Crippen molar-refractivity contribution in [1.82, 2.24) is 5.32 Å². The number of hydrogen-bond acceptors (Lipinski definition) is 2. The zero-order valence-electron chi connectivity index (χ0n) is 10.1. The molecule has 1 atom stereocenters. The van der Waals surface area contributed by atoms with Gasteiger partial charge in [-0.3, -0.25) is 0 Å². The molecule has 0 saturated heterocycles. The van der Waals surface area contributed by atoms with Crippen LogP contribution in [0.2, 0.25) is 0 Å². The van der Waals surface area contributed by atoms with Gasteiger partial charge >= 0.3 is 0 Å². The molecular weight excluding hydrogens is 288 g/mol. The largest absolute Gasteiger partial charge is 0.329 e. The molecule has 0 aliphatic rings. The Hall–Kier alpha value is -1.16. The third-order valence-corrected chi connectivity index (χ3v) is 3.36. The molecule has 3 heteroatoms. The molecule has 2 nitrogen and oxygen atoms in total. The third-order valence-electron chi connectivity index (χ3n) is 2.83. The van der Waals surface area contributed by atoms with Gasteiger partial charge in [0.05, 0.1) is 6.04 Å². The Morgan fingerprint density at radius 1 is 0.944 bits per heavy atom. The van der Waals surface area contributed by atoms with Gasteiger partial charge in [0.15, 0.2) is 0 Å². The van der Waals surface area contributed by atoms with Gasteiger partial charge in [-0.1, -0.05) is 58.4 Å². The molecule has 0 aliphatic heterocycles. The third kappa shape index (κ3) is 3.42. The minimum absolute atomic E-state index is 0.197. The van der Waals surface area contributed by atoms with E-state index in [-0.39, 0.29) is 6.04 Å². The monoisotopic (exact) mass is 304 g/mol. The molecule has 0 fully saturated rings. The molecule has 0 heterocycles. The Morgan fingerprint density at radius 2 is 1.56 bits per heavy atom. The van der Waals surface area contributed by atoms with E-state index in [4.69, 9.17) is 5.73 Å². The summed E-state index contributed by atoms with van der Waals surface area (Å²) in [4.78, 5) is 0. The maximum atomic E-state index is 5.59. The second kappa shape index (κ2) is 6.69. The zero-order valence-corrected chi connectivity index (χ0v) is 11.7. The predicted molar refractivity (Wildman–Crippen MR) is 79.5 cm³/mol. The zero-order chi connectivity index (χ0) is 12.8. The quantitative estimate of drug-likeness (QED) is 0.891. The lowest BCUT2D eigenvalue weighted by Crippen LogP contribution is -2.27. The number of nitrogens with one attached hydrogen (secondary N) is 1. The van der Waals surface area contributed by atoms with Crippen LogP contribution < -0.4 is 11.1 Å². The van der Waals surface area contributed by atoms with Gasteiger partial charge in [0.25, 0.3) is 0 Å². The van der Waals surface area contributed by atoms with E-state index in [1.807, 2.05) is 6.07 Å². The van der Waals surface area contributed by atoms with Crippen molar-refractivity contribution in [2.75, 3.05) is 13.1 Å². The Morgan fingerprint density at radius 3 is 2.17 bits per heavy atom. The highest BCUT2D eigenvalue weighted by Gasteiger charge is 2.12. The fourth-order valence-corrected chi connectivity index (χ4v) is 2.22. The molecule has 0 radical (unpaired) electrons. The second-order valence-electron chi connectivity index (χ2n) is 4.14. The molecule has 1 unspecified atom stereocenters. The van der Waals surface area contributed by atoms with Crippen LogP contribution in [0.15, 0.2) is 59.1 Å². The van der Waals surface area contributed by atoms with Crippen LogP contribution in [0.5, 0.6) is 0 Å². The first-order chi connectivity index (χ1) is 8.81. The van der Waals surface area contributed by atoms with Gasteiger partial charge in [-0.05, 0) is 23.3 Å². The van der Waals surface area contributed by atoms with Gasteiger partial charge in [0, 0.05) is 17.6 Å². The molecule has 0 spiro atoms. The highest BCUT2D eigenvalue weighted by molar-refractivity contribution is 9.10. The Bertz CT molecular complexity index is 468. The van der Waals surface area contributed by atoms with E-state index in [0.717, 1.165) is 11.0 Å². The summed E-state index contributed by atoms with van der Waals surface area (Å²) in [5.74, 6) is 0. The first kappa shape index (κ1) is 13.3. The fourth-order valence-electron chi connectivity index (χ4n) is 1.96. The van der Waals surface area contributed by atoms with Gasteiger partial charge in [-0.25, -0.2) is 0 Å². The van der Waals surface area contributed by atoms with E-state index >= 15 is 0 Å². The maximum Gasteiger partial charge on any atom is 0.0577 e. The molecule has 0 bridgehead atoms. The van der Waals surface area contributed by atoms with Crippen LogP contribution in [0.25, 0.3) is 0 Å². The molecule has 0 aromatic heterocycles. The van der Waals surface area contributed by atoms with Gasteiger partial charge in [-0.2, -0.15) is 0 Å². The minimum Gasteiger partial charge on any atom is -0.329 e. The lowest BCUT2D eigenvalue weighted by molar-refractivity contribution is 0.612. The first-order valence-corrected chi connectivity index (χ1v) is 6.84. The normalized spacial score (nSPS) is 12.3. The number of hydrogen-bond donors (Lipinski definition) is 2. The van der Waals surface area contributed by atoms with Crippen molar-refractivity contribution < 1.29 is 0 Å². The minimum atomic E-state index is 0.197. The summed E-state index contributed by atoms with van der Waals surface area (Å²) < 4.78 is 1.09. The molecule has 0 aliphatic carbocycles. The van der Waals surface area contributed by atoms with Gasteiger partial charge in [-0.15, -0.1) is 0 Å². The highest BCUT2D eigenvalue weighted by atomic mass is 79.9. The lowest BCUT2D eigenvalue weighted by atomic mass is 9.99. The Kier molecular flexibility index (Phi) is 4.93. The second-order valence-corrected chi connectivity index (χ2v) is 5.05.